The first-order valence-electron chi connectivity index (χ1n) is 12.4. The van der Waals surface area contributed by atoms with Crippen LogP contribution in [0.5, 0.6) is 11.5 Å². The van der Waals surface area contributed by atoms with Crippen LogP contribution in [0.25, 0.3) is 0 Å². The second-order valence-electron chi connectivity index (χ2n) is 8.14. The molecular weight excluding hydrogens is 634 g/mol. The van der Waals surface area contributed by atoms with E-state index < -0.39 is 0 Å². The number of ether oxygens (including phenoxy) is 2. The van der Waals surface area contributed by atoms with Crippen LogP contribution in [0.3, 0.4) is 0 Å². The maximum atomic E-state index is 5.66. The highest BCUT2D eigenvalue weighted by atomic mass is 127. The average Bonchev–Trinajstić information content (AvgIpc) is 2.81. The quantitative estimate of drug-likeness (QED) is 0.130. The molecule has 0 aliphatic rings. The van der Waals surface area contributed by atoms with Crippen LogP contribution in [-0.4, -0.2) is 13.2 Å². The van der Waals surface area contributed by atoms with Gasteiger partial charge in [0.25, 0.3) is 0 Å². The molecule has 0 N–H and O–H groups in total. The Hall–Kier alpha value is -0.500. The zero-order valence-corrected chi connectivity index (χ0v) is 24.4. The van der Waals surface area contributed by atoms with Crippen molar-refractivity contribution < 1.29 is 9.47 Å². The summed E-state index contributed by atoms with van der Waals surface area (Å²) in [6, 6.07) is 16.5. The zero-order chi connectivity index (χ0) is 23.3. The van der Waals surface area contributed by atoms with Crippen molar-refractivity contribution in [3.63, 3.8) is 0 Å². The number of halogens is 2. The number of hydrogen-bond acceptors (Lipinski definition) is 2. The molecule has 0 saturated carbocycles. The van der Waals surface area contributed by atoms with Gasteiger partial charge < -0.3 is 9.47 Å². The minimum atomic E-state index is 0. The lowest BCUT2D eigenvalue weighted by Crippen LogP contribution is -1.97. The molecule has 0 aliphatic carbocycles. The van der Waals surface area contributed by atoms with Crippen LogP contribution in [0.1, 0.15) is 98.3 Å². The number of hydrogen-bond donors (Lipinski definition) is 0. The van der Waals surface area contributed by atoms with Crippen LogP contribution >= 0.6 is 45.2 Å². The Bertz CT molecular complexity index is 597. The third kappa shape index (κ3) is 19.5. The molecule has 2 aromatic carbocycles. The molecule has 33 heavy (non-hydrogen) atoms. The normalized spacial score (nSPS) is 10.1. The second-order valence-corrected chi connectivity index (χ2v) is 10.6. The molecule has 2 aromatic rings. The maximum absolute atomic E-state index is 5.66. The van der Waals surface area contributed by atoms with E-state index in [1.54, 1.807) is 0 Å². The van der Waals surface area contributed by atoms with E-state index in [2.05, 4.69) is 83.3 Å². The second kappa shape index (κ2) is 23.3. The summed E-state index contributed by atoms with van der Waals surface area (Å²) in [5, 5.41) is 0. The van der Waals surface area contributed by atoms with E-state index in [9.17, 15) is 0 Å². The first-order chi connectivity index (χ1) is 15.7. The van der Waals surface area contributed by atoms with Crippen molar-refractivity contribution >= 4 is 45.2 Å². The SMILES string of the molecule is C.CCCCCCCCOc1ccc(I)cc1.CCCCCCCCOc1ccc(I)cc1. The smallest absolute Gasteiger partial charge is 0.119 e. The Morgan fingerprint density at radius 2 is 0.788 bits per heavy atom. The van der Waals surface area contributed by atoms with Gasteiger partial charge in [0.15, 0.2) is 0 Å². The zero-order valence-electron chi connectivity index (χ0n) is 20.1. The van der Waals surface area contributed by atoms with Crippen molar-refractivity contribution in [2.75, 3.05) is 13.2 Å². The minimum Gasteiger partial charge on any atom is -0.494 e. The van der Waals surface area contributed by atoms with E-state index in [0.717, 1.165) is 24.7 Å². The Morgan fingerprint density at radius 1 is 0.485 bits per heavy atom. The van der Waals surface area contributed by atoms with Gasteiger partial charge in [0.05, 0.1) is 13.2 Å². The molecule has 2 nitrogen and oxygen atoms in total. The maximum Gasteiger partial charge on any atom is 0.119 e. The van der Waals surface area contributed by atoms with E-state index in [-0.39, 0.29) is 7.43 Å². The Labute approximate surface area is 231 Å². The van der Waals surface area contributed by atoms with E-state index >= 15 is 0 Å². The van der Waals surface area contributed by atoms with Gasteiger partial charge in [-0.25, -0.2) is 0 Å². The molecule has 0 saturated heterocycles. The predicted molar refractivity (Wildman–Crippen MR) is 163 cm³/mol. The molecule has 0 amide bonds. The van der Waals surface area contributed by atoms with Gasteiger partial charge in [0, 0.05) is 7.14 Å². The van der Waals surface area contributed by atoms with Crippen LogP contribution in [0.2, 0.25) is 0 Å². The highest BCUT2D eigenvalue weighted by molar-refractivity contribution is 14.1. The standard InChI is InChI=1S/2C14H21IO.CH4/c2*1-2-3-4-5-6-7-12-16-14-10-8-13(15)9-11-14;/h2*8-11H,2-7,12H2,1H3;1H4. The molecule has 0 aliphatic heterocycles. The largest absolute Gasteiger partial charge is 0.494 e. The summed E-state index contributed by atoms with van der Waals surface area (Å²) < 4.78 is 13.8. The van der Waals surface area contributed by atoms with E-state index in [1.165, 1.54) is 84.2 Å². The highest BCUT2D eigenvalue weighted by Crippen LogP contribution is 2.15. The van der Waals surface area contributed by atoms with Crippen LogP contribution in [-0.2, 0) is 0 Å². The van der Waals surface area contributed by atoms with Crippen molar-refractivity contribution in [2.45, 2.75) is 98.3 Å². The highest BCUT2D eigenvalue weighted by Gasteiger charge is 1.95. The molecular formula is C29H46I2O2. The summed E-state index contributed by atoms with van der Waals surface area (Å²) in [5.74, 6) is 1.99. The van der Waals surface area contributed by atoms with Crippen LogP contribution in [0.15, 0.2) is 48.5 Å². The van der Waals surface area contributed by atoms with E-state index in [4.69, 9.17) is 9.47 Å². The van der Waals surface area contributed by atoms with Crippen molar-refractivity contribution in [3.8, 4) is 11.5 Å². The summed E-state index contributed by atoms with van der Waals surface area (Å²) in [5.41, 5.74) is 0. The van der Waals surface area contributed by atoms with Crippen molar-refractivity contribution in [3.05, 3.63) is 55.7 Å². The minimum absolute atomic E-state index is 0. The van der Waals surface area contributed by atoms with E-state index in [1.807, 2.05) is 24.3 Å². The van der Waals surface area contributed by atoms with Crippen LogP contribution in [0, 0.1) is 7.14 Å². The van der Waals surface area contributed by atoms with Crippen molar-refractivity contribution in [2.24, 2.45) is 0 Å². The van der Waals surface area contributed by atoms with Gasteiger partial charge in [-0.05, 0) is 107 Å². The summed E-state index contributed by atoms with van der Waals surface area (Å²) >= 11 is 4.61. The Balaban J connectivity index is 0.000000602. The van der Waals surface area contributed by atoms with Gasteiger partial charge in [-0.3, -0.25) is 0 Å². The van der Waals surface area contributed by atoms with Crippen molar-refractivity contribution in [1.29, 1.82) is 0 Å². The number of benzene rings is 2. The fourth-order valence-electron chi connectivity index (χ4n) is 3.21. The van der Waals surface area contributed by atoms with Gasteiger partial charge in [0.2, 0.25) is 0 Å². The molecule has 188 valence electrons. The number of rotatable bonds is 16. The topological polar surface area (TPSA) is 18.5 Å². The Kier molecular flexibility index (Phi) is 22.9. The molecule has 2 rings (SSSR count). The van der Waals surface area contributed by atoms with Crippen LogP contribution in [0.4, 0.5) is 0 Å². The van der Waals surface area contributed by atoms with Gasteiger partial charge >= 0.3 is 0 Å². The lowest BCUT2D eigenvalue weighted by Gasteiger charge is -2.05. The average molecular weight is 680 g/mol. The first-order valence-corrected chi connectivity index (χ1v) is 14.6. The third-order valence-corrected chi connectivity index (χ3v) is 6.60. The summed E-state index contributed by atoms with van der Waals surface area (Å²) in [7, 11) is 0. The fraction of sp³-hybridized carbons (Fsp3) is 0.586. The van der Waals surface area contributed by atoms with E-state index in [0.29, 0.717) is 0 Å². The number of unbranched alkanes of at least 4 members (excludes halogenated alkanes) is 10. The van der Waals surface area contributed by atoms with Gasteiger partial charge in [0.1, 0.15) is 11.5 Å². The summed E-state index contributed by atoms with van der Waals surface area (Å²) in [4.78, 5) is 0. The molecule has 0 heterocycles. The lowest BCUT2D eigenvalue weighted by molar-refractivity contribution is 0.304. The van der Waals surface area contributed by atoms with Crippen molar-refractivity contribution in [1.82, 2.24) is 0 Å². The van der Waals surface area contributed by atoms with Crippen LogP contribution < -0.4 is 9.47 Å². The van der Waals surface area contributed by atoms with Gasteiger partial charge in [-0.1, -0.05) is 85.5 Å². The molecule has 4 heteroatoms. The molecule has 0 atom stereocenters. The van der Waals surface area contributed by atoms with Gasteiger partial charge in [-0.2, -0.15) is 0 Å². The Morgan fingerprint density at radius 3 is 1.12 bits per heavy atom. The summed E-state index contributed by atoms with van der Waals surface area (Å²) in [6.07, 6.45) is 15.8. The molecule has 0 radical (unpaired) electrons. The monoisotopic (exact) mass is 680 g/mol. The lowest BCUT2D eigenvalue weighted by atomic mass is 10.1. The third-order valence-electron chi connectivity index (χ3n) is 5.16. The molecule has 0 bridgehead atoms. The molecule has 0 unspecified atom stereocenters. The summed E-state index contributed by atoms with van der Waals surface area (Å²) in [6.45, 7) is 6.21. The molecule has 0 fully saturated rings. The first kappa shape index (κ1) is 32.5. The predicted octanol–water partition coefficient (Wildman–Crippen LogP) is 10.7. The molecule has 0 spiro atoms. The van der Waals surface area contributed by atoms with Gasteiger partial charge in [-0.15, -0.1) is 0 Å². The fourth-order valence-corrected chi connectivity index (χ4v) is 3.93. The molecule has 0 aromatic heterocycles.